The van der Waals surface area contributed by atoms with Crippen molar-refractivity contribution in [3.05, 3.63) is 32.0 Å². The summed E-state index contributed by atoms with van der Waals surface area (Å²) in [6.07, 6.45) is 0. The molecule has 0 heterocycles. The molecule has 0 aliphatic rings. The molecule has 78 valence electrons. The van der Waals surface area contributed by atoms with E-state index in [9.17, 15) is 4.39 Å². The monoisotopic (exact) mass is 402 g/mol. The molecule has 0 aromatic heterocycles. The summed E-state index contributed by atoms with van der Waals surface area (Å²) in [6.45, 7) is 0. The first kappa shape index (κ1) is 13.3. The van der Waals surface area contributed by atoms with E-state index in [1.165, 1.54) is 0 Å². The molecule has 0 aliphatic carbocycles. The number of hydrogen-bond donors (Lipinski definition) is 0. The summed E-state index contributed by atoms with van der Waals surface area (Å²) >= 11 is 28.9. The molecule has 0 spiro atoms. The molecule has 0 atom stereocenters. The molecule has 0 nitrogen and oxygen atoms in total. The van der Waals surface area contributed by atoms with Gasteiger partial charge in [0.2, 0.25) is 0 Å². The van der Waals surface area contributed by atoms with Crippen LogP contribution in [0.25, 0.3) is 0 Å². The van der Waals surface area contributed by atoms with Crippen LogP contribution in [0.2, 0.25) is 10.0 Å². The van der Waals surface area contributed by atoms with Gasteiger partial charge in [-0.2, -0.15) is 0 Å². The molecule has 7 heteroatoms. The molecule has 0 fully saturated rings. The summed E-state index contributed by atoms with van der Waals surface area (Å²) in [5, 5.41) is 0.0575. The Balaban J connectivity index is 3.49. The molecule has 1 rings (SSSR count). The fourth-order valence-electron chi connectivity index (χ4n) is 0.779. The van der Waals surface area contributed by atoms with Crippen LogP contribution in [0, 0.1) is 5.82 Å². The predicted octanol–water partition coefficient (Wildman–Crippen LogP) is 5.88. The maximum absolute atomic E-state index is 13.2. The van der Waals surface area contributed by atoms with Gasteiger partial charge in [0.05, 0.1) is 14.5 Å². The molecule has 1 aromatic rings. The van der Waals surface area contributed by atoms with Crippen LogP contribution >= 0.6 is 78.3 Å². The van der Waals surface area contributed by atoms with Crippen molar-refractivity contribution in [1.29, 1.82) is 0 Å². The Hall–Kier alpha value is 1.27. The number of benzene rings is 1. The van der Waals surface area contributed by atoms with E-state index in [1.807, 2.05) is 0 Å². The number of hydrogen-bond acceptors (Lipinski definition) is 0. The van der Waals surface area contributed by atoms with Crippen molar-refractivity contribution in [3.63, 3.8) is 0 Å². The predicted molar refractivity (Wildman–Crippen MR) is 66.4 cm³/mol. The lowest BCUT2D eigenvalue weighted by Gasteiger charge is -2.15. The van der Waals surface area contributed by atoms with Crippen molar-refractivity contribution < 1.29 is 4.39 Å². The topological polar surface area (TPSA) is 0 Å². The van der Waals surface area contributed by atoms with Crippen LogP contribution in [-0.4, -0.2) is 0 Å². The fourth-order valence-corrected chi connectivity index (χ4v) is 2.49. The van der Waals surface area contributed by atoms with Gasteiger partial charge in [-0.15, -0.1) is 0 Å². The van der Waals surface area contributed by atoms with Gasteiger partial charge in [-0.05, 0) is 37.9 Å². The molecular weight excluding hydrogens is 405 g/mol. The van der Waals surface area contributed by atoms with Gasteiger partial charge in [0.25, 0.3) is 0 Å². The average Bonchev–Trinajstić information content (AvgIpc) is 2.06. The van der Waals surface area contributed by atoms with Gasteiger partial charge >= 0.3 is 0 Å². The minimum absolute atomic E-state index is 0.108. The highest BCUT2D eigenvalue weighted by Crippen LogP contribution is 2.47. The number of rotatable bonds is 1. The highest BCUT2D eigenvalue weighted by molar-refractivity contribution is 9.11. The van der Waals surface area contributed by atoms with Gasteiger partial charge in [-0.25, -0.2) is 4.39 Å². The van der Waals surface area contributed by atoms with Gasteiger partial charge in [-0.3, -0.25) is 0 Å². The molecule has 0 unspecified atom stereocenters. The standard InChI is InChI=1S/C7HBr2Cl4F/c8-4-5(10)2(7(9,12)13)1-3(14)6(4)11/h1H. The molecule has 0 radical (unpaired) electrons. The van der Waals surface area contributed by atoms with E-state index in [-0.39, 0.29) is 20.1 Å². The zero-order chi connectivity index (χ0) is 11.1. The van der Waals surface area contributed by atoms with E-state index >= 15 is 0 Å². The van der Waals surface area contributed by atoms with Crippen LogP contribution in [0.5, 0.6) is 0 Å². The zero-order valence-electron chi connectivity index (χ0n) is 6.22. The minimum Gasteiger partial charge on any atom is -0.205 e. The van der Waals surface area contributed by atoms with Crippen molar-refractivity contribution in [2.75, 3.05) is 0 Å². The summed E-state index contributed by atoms with van der Waals surface area (Å²) in [6, 6.07) is 1.07. The SMILES string of the molecule is Fc1cc(C(Cl)(Cl)Br)c(Cl)c(Br)c1Cl. The maximum Gasteiger partial charge on any atom is 0.198 e. The maximum atomic E-state index is 13.2. The van der Waals surface area contributed by atoms with E-state index < -0.39 is 9.06 Å². The fraction of sp³-hybridized carbons (Fsp3) is 0.143. The van der Waals surface area contributed by atoms with Crippen LogP contribution in [0.3, 0.4) is 0 Å². The highest BCUT2D eigenvalue weighted by atomic mass is 79.9. The summed E-state index contributed by atoms with van der Waals surface area (Å²) in [7, 11) is 0. The first-order chi connectivity index (χ1) is 6.25. The zero-order valence-corrected chi connectivity index (χ0v) is 12.4. The van der Waals surface area contributed by atoms with Crippen LogP contribution < -0.4 is 0 Å². The van der Waals surface area contributed by atoms with Crippen molar-refractivity contribution in [2.24, 2.45) is 0 Å². The highest BCUT2D eigenvalue weighted by Gasteiger charge is 2.28. The second kappa shape index (κ2) is 4.64. The Morgan fingerprint density at radius 2 is 1.71 bits per heavy atom. The number of halogens is 7. The second-order valence-corrected chi connectivity index (χ2v) is 7.32. The van der Waals surface area contributed by atoms with E-state index in [0.29, 0.717) is 0 Å². The summed E-state index contributed by atoms with van der Waals surface area (Å²) in [5.74, 6) is -0.650. The number of alkyl halides is 3. The van der Waals surface area contributed by atoms with Crippen molar-refractivity contribution >= 4 is 78.3 Å². The second-order valence-electron chi connectivity index (χ2n) is 2.35. The van der Waals surface area contributed by atoms with Gasteiger partial charge in [0, 0.05) is 5.56 Å². The molecular formula is C7HBr2Cl4F. The van der Waals surface area contributed by atoms with Crippen molar-refractivity contribution in [1.82, 2.24) is 0 Å². The Morgan fingerprint density at radius 1 is 1.21 bits per heavy atom. The van der Waals surface area contributed by atoms with Crippen LogP contribution in [0.1, 0.15) is 5.56 Å². The average molecular weight is 406 g/mol. The normalized spacial score (nSPS) is 11.9. The molecule has 0 amide bonds. The Bertz CT molecular complexity index is 375. The largest absolute Gasteiger partial charge is 0.205 e. The van der Waals surface area contributed by atoms with Crippen LogP contribution in [0.15, 0.2) is 10.5 Å². The van der Waals surface area contributed by atoms with E-state index in [0.717, 1.165) is 6.07 Å². The third-order valence-corrected chi connectivity index (χ3v) is 4.25. The van der Waals surface area contributed by atoms with Crippen molar-refractivity contribution in [2.45, 2.75) is 3.24 Å². The van der Waals surface area contributed by atoms with Crippen LogP contribution in [0.4, 0.5) is 4.39 Å². The third kappa shape index (κ3) is 2.69. The molecule has 0 saturated heterocycles. The van der Waals surface area contributed by atoms with Gasteiger partial charge in [-0.1, -0.05) is 46.4 Å². The molecule has 14 heavy (non-hydrogen) atoms. The summed E-state index contributed by atoms with van der Waals surface area (Å²) < 4.78 is 12.0. The van der Waals surface area contributed by atoms with Crippen LogP contribution in [-0.2, 0) is 3.24 Å². The lowest BCUT2D eigenvalue weighted by Crippen LogP contribution is -2.02. The lowest BCUT2D eigenvalue weighted by molar-refractivity contribution is 0.625. The third-order valence-electron chi connectivity index (χ3n) is 1.41. The smallest absolute Gasteiger partial charge is 0.198 e. The molecule has 0 aliphatic heterocycles. The van der Waals surface area contributed by atoms with E-state index in [4.69, 9.17) is 46.4 Å². The Labute approximate surface area is 117 Å². The Kier molecular flexibility index (Phi) is 4.42. The summed E-state index contributed by atoms with van der Waals surface area (Å²) in [5.41, 5.74) is 0.191. The quantitative estimate of drug-likeness (QED) is 0.311. The molecule has 1 aromatic carbocycles. The van der Waals surface area contributed by atoms with Gasteiger partial charge < -0.3 is 0 Å². The summed E-state index contributed by atoms with van der Waals surface area (Å²) in [4.78, 5) is 0. The molecule has 0 saturated carbocycles. The minimum atomic E-state index is -1.45. The Morgan fingerprint density at radius 3 is 2.14 bits per heavy atom. The first-order valence-corrected chi connectivity index (χ1v) is 6.25. The molecule has 0 bridgehead atoms. The lowest BCUT2D eigenvalue weighted by atomic mass is 10.2. The van der Waals surface area contributed by atoms with Gasteiger partial charge in [0.15, 0.2) is 3.24 Å². The van der Waals surface area contributed by atoms with E-state index in [2.05, 4.69) is 31.9 Å². The van der Waals surface area contributed by atoms with E-state index in [1.54, 1.807) is 0 Å². The first-order valence-electron chi connectivity index (χ1n) is 3.15. The molecule has 0 N–H and O–H groups in total. The van der Waals surface area contributed by atoms with Gasteiger partial charge in [0.1, 0.15) is 5.82 Å². The van der Waals surface area contributed by atoms with Crippen molar-refractivity contribution in [3.8, 4) is 0 Å².